The third kappa shape index (κ3) is 6.39. The van der Waals surface area contributed by atoms with Crippen LogP contribution in [0, 0.1) is 0 Å². The molecule has 4 aromatic rings. The Hall–Kier alpha value is -4.43. The number of carboxylic acid groups (broad SMARTS) is 2. The number of hydrogen-bond acceptors (Lipinski definition) is 9. The van der Waals surface area contributed by atoms with E-state index in [4.69, 9.17) is 28.8 Å². The average Bonchev–Trinajstić information content (AvgIpc) is 3.63. The van der Waals surface area contributed by atoms with E-state index in [2.05, 4.69) is 20.6 Å². The van der Waals surface area contributed by atoms with Crippen molar-refractivity contribution in [1.82, 2.24) is 20.6 Å². The Morgan fingerprint density at radius 1 is 0.952 bits per heavy atom. The van der Waals surface area contributed by atoms with Crippen LogP contribution in [0.3, 0.4) is 0 Å². The van der Waals surface area contributed by atoms with Gasteiger partial charge in [-0.2, -0.15) is 18.2 Å². The predicted octanol–water partition coefficient (Wildman–Crippen LogP) is 6.02. The summed E-state index contributed by atoms with van der Waals surface area (Å²) in [6.07, 6.45) is -1.58. The number of aromatic nitrogens is 3. The topological polar surface area (TPSA) is 164 Å². The van der Waals surface area contributed by atoms with Crippen LogP contribution >= 0.6 is 0 Å². The van der Waals surface area contributed by atoms with E-state index in [9.17, 15) is 18.3 Å². The molecule has 1 aliphatic heterocycles. The number of fused-ring (bicyclic) bond motifs is 1. The number of rotatable bonds is 5. The van der Waals surface area contributed by atoms with E-state index in [0.29, 0.717) is 29.5 Å². The van der Waals surface area contributed by atoms with Crippen LogP contribution in [0.25, 0.3) is 34.3 Å². The van der Waals surface area contributed by atoms with Crippen molar-refractivity contribution in [3.05, 3.63) is 59.7 Å². The summed E-state index contributed by atoms with van der Waals surface area (Å²) < 4.78 is 58.2. The van der Waals surface area contributed by atoms with Crippen molar-refractivity contribution >= 4 is 6.16 Å². The molecule has 2 aromatic heterocycles. The number of halogens is 3. The fourth-order valence-corrected chi connectivity index (χ4v) is 5.17. The van der Waals surface area contributed by atoms with Crippen molar-refractivity contribution in [1.29, 1.82) is 0 Å². The maximum atomic E-state index is 14.0. The molecule has 3 heterocycles. The first kappa shape index (κ1) is 29.1. The standard InChI is InChI=1S/C27H25F3N4O4.CH2O3/c28-27(29,30)21-22(15-7-3-1-4-8-15)33-37-24(21)26-32-25(34-38-26)16-11-12-18-20(13-16)36-14-19(23(18)35)31-17-9-5-2-6-10-17;2-1(3)4/h1,3-4,7-8,11-13,17,19,23,31,35H,2,5-6,9-10,14H2;(H2,2,3,4)/t19-,23+;/m0./s1. The second-order valence-corrected chi connectivity index (χ2v) is 9.92. The highest BCUT2D eigenvalue weighted by molar-refractivity contribution is 5.71. The van der Waals surface area contributed by atoms with Crippen molar-refractivity contribution in [3.8, 4) is 40.0 Å². The van der Waals surface area contributed by atoms with E-state index in [1.165, 1.54) is 31.4 Å². The molecule has 0 saturated heterocycles. The zero-order valence-electron chi connectivity index (χ0n) is 22.0. The van der Waals surface area contributed by atoms with Crippen molar-refractivity contribution in [3.63, 3.8) is 0 Å². The highest BCUT2D eigenvalue weighted by atomic mass is 19.4. The zero-order chi connectivity index (χ0) is 29.9. The van der Waals surface area contributed by atoms with Gasteiger partial charge in [0, 0.05) is 22.7 Å². The first-order valence-electron chi connectivity index (χ1n) is 13.2. The molecular weight excluding hydrogens is 561 g/mol. The summed E-state index contributed by atoms with van der Waals surface area (Å²) in [4.78, 5) is 12.7. The van der Waals surface area contributed by atoms with Gasteiger partial charge in [-0.05, 0) is 18.9 Å². The van der Waals surface area contributed by atoms with Gasteiger partial charge < -0.3 is 34.4 Å². The van der Waals surface area contributed by atoms with E-state index in [0.717, 1.165) is 12.8 Å². The van der Waals surface area contributed by atoms with E-state index < -0.39 is 35.7 Å². The van der Waals surface area contributed by atoms with Gasteiger partial charge in [0.25, 0.3) is 5.89 Å². The number of alkyl halides is 3. The number of hydrogen-bond donors (Lipinski definition) is 4. The number of carbonyl (C=O) groups is 1. The van der Waals surface area contributed by atoms with Gasteiger partial charge in [0.15, 0.2) is 0 Å². The zero-order valence-corrected chi connectivity index (χ0v) is 22.0. The number of nitrogens with zero attached hydrogens (tertiary/aromatic N) is 3. The van der Waals surface area contributed by atoms with Gasteiger partial charge in [0.1, 0.15) is 29.7 Å². The molecule has 4 N–H and O–H groups in total. The van der Waals surface area contributed by atoms with Gasteiger partial charge >= 0.3 is 12.3 Å². The Kier molecular flexibility index (Phi) is 8.45. The molecule has 6 rings (SSSR count). The second-order valence-electron chi connectivity index (χ2n) is 9.92. The summed E-state index contributed by atoms with van der Waals surface area (Å²) in [5, 5.41) is 35.9. The molecule has 0 unspecified atom stereocenters. The van der Waals surface area contributed by atoms with E-state index in [-0.39, 0.29) is 23.1 Å². The minimum atomic E-state index is -4.77. The maximum absolute atomic E-state index is 14.0. The Labute approximate surface area is 236 Å². The van der Waals surface area contributed by atoms with Crippen LogP contribution in [0.4, 0.5) is 18.0 Å². The van der Waals surface area contributed by atoms with Crippen molar-refractivity contribution in [2.45, 2.75) is 56.5 Å². The molecule has 2 aliphatic rings. The molecule has 1 fully saturated rings. The van der Waals surface area contributed by atoms with Crippen LogP contribution in [0.2, 0.25) is 0 Å². The lowest BCUT2D eigenvalue weighted by atomic mass is 9.92. The smallest absolute Gasteiger partial charge is 0.491 e. The second kappa shape index (κ2) is 12.2. The fourth-order valence-electron chi connectivity index (χ4n) is 5.17. The SMILES string of the molecule is O=C(O)O.O[C@@H]1c2ccc(-c3noc(-c4onc(-c5ccccc5)c4C(F)(F)F)n3)cc2OC[C@@H]1NC1CCCCC1. The summed E-state index contributed by atoms with van der Waals surface area (Å²) in [5.74, 6) is -0.590. The molecule has 1 saturated carbocycles. The average molecular weight is 589 g/mol. The molecule has 11 nitrogen and oxygen atoms in total. The summed E-state index contributed by atoms with van der Waals surface area (Å²) in [6.45, 7) is 0.293. The monoisotopic (exact) mass is 588 g/mol. The third-order valence-corrected chi connectivity index (χ3v) is 7.09. The Balaban J connectivity index is 0.000000830. The van der Waals surface area contributed by atoms with Crippen molar-refractivity contribution < 1.29 is 47.1 Å². The Morgan fingerprint density at radius 3 is 2.36 bits per heavy atom. The van der Waals surface area contributed by atoms with Crippen molar-refractivity contribution in [2.24, 2.45) is 0 Å². The number of nitrogens with one attached hydrogen (secondary N) is 1. The fraction of sp³-hybridized carbons (Fsp3) is 0.357. The minimum Gasteiger partial charge on any atom is -0.491 e. The molecule has 1 aliphatic carbocycles. The number of aliphatic hydroxyl groups is 1. The van der Waals surface area contributed by atoms with Gasteiger partial charge in [-0.15, -0.1) is 0 Å². The lowest BCUT2D eigenvalue weighted by Crippen LogP contribution is -2.48. The maximum Gasteiger partial charge on any atom is 0.503 e. The van der Waals surface area contributed by atoms with Crippen LogP contribution in [-0.4, -0.2) is 55.5 Å². The Bertz CT molecular complexity index is 1510. The van der Waals surface area contributed by atoms with Gasteiger partial charge in [-0.1, -0.05) is 72.0 Å². The van der Waals surface area contributed by atoms with Crippen LogP contribution in [0.15, 0.2) is 57.6 Å². The van der Waals surface area contributed by atoms with Crippen LogP contribution in [0.1, 0.15) is 49.3 Å². The first-order chi connectivity index (χ1) is 20.1. The molecule has 14 heteroatoms. The van der Waals surface area contributed by atoms with Gasteiger partial charge in [-0.3, -0.25) is 0 Å². The van der Waals surface area contributed by atoms with Gasteiger partial charge in [0.05, 0.1) is 6.04 Å². The summed E-state index contributed by atoms with van der Waals surface area (Å²) in [5.41, 5.74) is -0.121. The molecule has 0 amide bonds. The largest absolute Gasteiger partial charge is 0.503 e. The van der Waals surface area contributed by atoms with Crippen LogP contribution in [-0.2, 0) is 6.18 Å². The lowest BCUT2D eigenvalue weighted by Gasteiger charge is -2.35. The molecule has 0 radical (unpaired) electrons. The number of aliphatic hydroxyl groups excluding tert-OH is 1. The summed E-state index contributed by atoms with van der Waals surface area (Å²) in [7, 11) is 0. The quantitative estimate of drug-likeness (QED) is 0.216. The van der Waals surface area contributed by atoms with Crippen molar-refractivity contribution in [2.75, 3.05) is 6.61 Å². The van der Waals surface area contributed by atoms with E-state index >= 15 is 0 Å². The Morgan fingerprint density at radius 2 is 1.67 bits per heavy atom. The number of benzene rings is 2. The normalized spacial score (nSPS) is 18.9. The first-order valence-corrected chi connectivity index (χ1v) is 13.2. The van der Waals surface area contributed by atoms with Crippen LogP contribution < -0.4 is 10.1 Å². The molecule has 2 aromatic carbocycles. The highest BCUT2D eigenvalue weighted by Crippen LogP contribution is 2.43. The molecule has 2 atom stereocenters. The summed E-state index contributed by atoms with van der Waals surface area (Å²) >= 11 is 0. The van der Waals surface area contributed by atoms with Gasteiger partial charge in [-0.25, -0.2) is 4.79 Å². The van der Waals surface area contributed by atoms with Gasteiger partial charge in [0.2, 0.25) is 11.6 Å². The van der Waals surface area contributed by atoms with E-state index in [1.54, 1.807) is 36.4 Å². The molecule has 0 spiro atoms. The predicted molar refractivity (Wildman–Crippen MR) is 141 cm³/mol. The minimum absolute atomic E-state index is 0.0501. The molecule has 222 valence electrons. The lowest BCUT2D eigenvalue weighted by molar-refractivity contribution is -0.137. The molecule has 0 bridgehead atoms. The molecular formula is C28H27F3N4O7. The number of ether oxygens (including phenoxy) is 1. The van der Waals surface area contributed by atoms with E-state index in [1.807, 2.05) is 0 Å². The van der Waals surface area contributed by atoms with Crippen LogP contribution in [0.5, 0.6) is 5.75 Å². The highest BCUT2D eigenvalue weighted by Gasteiger charge is 2.43. The summed E-state index contributed by atoms with van der Waals surface area (Å²) in [6, 6.07) is 13.1. The third-order valence-electron chi connectivity index (χ3n) is 7.09. The molecule has 42 heavy (non-hydrogen) atoms.